The second-order valence-electron chi connectivity index (χ2n) is 6.93. The Morgan fingerprint density at radius 2 is 1.62 bits per heavy atom. The SMILES string of the molecule is COc1ccc(CCNc2ccc(NC(=O)C3CCCCC3)cc2)cc1. The molecule has 0 atom stereocenters. The number of anilines is 2. The molecule has 2 aromatic carbocycles. The first-order valence-electron chi connectivity index (χ1n) is 9.52. The van der Waals surface area contributed by atoms with Crippen LogP contribution in [0.4, 0.5) is 11.4 Å². The lowest BCUT2D eigenvalue weighted by Gasteiger charge is -2.20. The maximum Gasteiger partial charge on any atom is 0.227 e. The lowest BCUT2D eigenvalue weighted by atomic mass is 9.88. The third kappa shape index (κ3) is 5.25. The number of amides is 1. The van der Waals surface area contributed by atoms with Gasteiger partial charge in [0.2, 0.25) is 5.91 Å². The Bertz CT molecular complexity index is 689. The Balaban J connectivity index is 1.44. The van der Waals surface area contributed by atoms with Crippen LogP contribution in [0.2, 0.25) is 0 Å². The van der Waals surface area contributed by atoms with Crippen molar-refractivity contribution in [2.75, 3.05) is 24.3 Å². The van der Waals surface area contributed by atoms with Crippen molar-refractivity contribution in [1.29, 1.82) is 0 Å². The van der Waals surface area contributed by atoms with Crippen molar-refractivity contribution in [2.45, 2.75) is 38.5 Å². The van der Waals surface area contributed by atoms with Crippen LogP contribution < -0.4 is 15.4 Å². The summed E-state index contributed by atoms with van der Waals surface area (Å²) in [6.45, 7) is 0.861. The van der Waals surface area contributed by atoms with Crippen LogP contribution in [0, 0.1) is 5.92 Å². The van der Waals surface area contributed by atoms with Crippen LogP contribution in [0.1, 0.15) is 37.7 Å². The van der Waals surface area contributed by atoms with E-state index in [4.69, 9.17) is 4.74 Å². The number of hydrogen-bond acceptors (Lipinski definition) is 3. The van der Waals surface area contributed by atoms with Gasteiger partial charge < -0.3 is 15.4 Å². The lowest BCUT2D eigenvalue weighted by molar-refractivity contribution is -0.120. The lowest BCUT2D eigenvalue weighted by Crippen LogP contribution is -2.24. The second-order valence-corrected chi connectivity index (χ2v) is 6.93. The Kier molecular flexibility index (Phi) is 6.53. The summed E-state index contributed by atoms with van der Waals surface area (Å²) in [6, 6.07) is 16.1. The van der Waals surface area contributed by atoms with Crippen LogP contribution in [0.3, 0.4) is 0 Å². The molecule has 1 aliphatic carbocycles. The molecular formula is C22H28N2O2. The summed E-state index contributed by atoms with van der Waals surface area (Å²) in [5.41, 5.74) is 3.21. The molecule has 4 nitrogen and oxygen atoms in total. The topological polar surface area (TPSA) is 50.4 Å². The van der Waals surface area contributed by atoms with E-state index in [2.05, 4.69) is 22.8 Å². The molecule has 26 heavy (non-hydrogen) atoms. The van der Waals surface area contributed by atoms with Gasteiger partial charge in [-0.15, -0.1) is 0 Å². The van der Waals surface area contributed by atoms with Gasteiger partial charge in [0.15, 0.2) is 0 Å². The highest BCUT2D eigenvalue weighted by molar-refractivity contribution is 5.92. The van der Waals surface area contributed by atoms with Gasteiger partial charge in [0, 0.05) is 23.8 Å². The Hall–Kier alpha value is -2.49. The summed E-state index contributed by atoms with van der Waals surface area (Å²) in [6.07, 6.45) is 6.61. The van der Waals surface area contributed by atoms with E-state index in [1.54, 1.807) is 7.11 Å². The van der Waals surface area contributed by atoms with E-state index in [0.717, 1.165) is 42.9 Å². The minimum Gasteiger partial charge on any atom is -0.497 e. The van der Waals surface area contributed by atoms with E-state index >= 15 is 0 Å². The molecule has 0 heterocycles. The summed E-state index contributed by atoms with van der Waals surface area (Å²) in [5, 5.41) is 6.47. The van der Waals surface area contributed by atoms with Crippen molar-refractivity contribution in [2.24, 2.45) is 5.92 Å². The average molecular weight is 352 g/mol. The Morgan fingerprint density at radius 3 is 2.27 bits per heavy atom. The van der Waals surface area contributed by atoms with Crippen LogP contribution in [0.25, 0.3) is 0 Å². The molecule has 0 radical (unpaired) electrons. The number of ether oxygens (including phenoxy) is 1. The number of carbonyl (C=O) groups is 1. The highest BCUT2D eigenvalue weighted by atomic mass is 16.5. The highest BCUT2D eigenvalue weighted by Crippen LogP contribution is 2.25. The predicted octanol–water partition coefficient (Wildman–Crippen LogP) is 4.87. The highest BCUT2D eigenvalue weighted by Gasteiger charge is 2.20. The standard InChI is InChI=1S/C22H28N2O2/c1-26-21-13-7-17(8-14-21)15-16-23-19-9-11-20(12-10-19)24-22(25)18-5-3-2-4-6-18/h7-14,18,23H,2-6,15-16H2,1H3,(H,24,25). The molecule has 0 aliphatic heterocycles. The minimum absolute atomic E-state index is 0.171. The van der Waals surface area contributed by atoms with Crippen molar-refractivity contribution in [3.63, 3.8) is 0 Å². The third-order valence-corrected chi connectivity index (χ3v) is 5.03. The number of methoxy groups -OCH3 is 1. The molecule has 2 N–H and O–H groups in total. The molecular weight excluding hydrogens is 324 g/mol. The van der Waals surface area contributed by atoms with Gasteiger partial charge >= 0.3 is 0 Å². The van der Waals surface area contributed by atoms with Crippen LogP contribution in [0.15, 0.2) is 48.5 Å². The van der Waals surface area contributed by atoms with Crippen LogP contribution in [0.5, 0.6) is 5.75 Å². The van der Waals surface area contributed by atoms with Crippen molar-refractivity contribution >= 4 is 17.3 Å². The van der Waals surface area contributed by atoms with E-state index in [-0.39, 0.29) is 11.8 Å². The van der Waals surface area contributed by atoms with Gasteiger partial charge in [0.25, 0.3) is 0 Å². The van der Waals surface area contributed by atoms with Gasteiger partial charge in [-0.1, -0.05) is 31.4 Å². The van der Waals surface area contributed by atoms with Crippen LogP contribution in [-0.4, -0.2) is 19.6 Å². The molecule has 1 amide bonds. The number of benzene rings is 2. The van der Waals surface area contributed by atoms with Gasteiger partial charge in [0.05, 0.1) is 7.11 Å². The minimum atomic E-state index is 0.171. The zero-order chi connectivity index (χ0) is 18.2. The summed E-state index contributed by atoms with van der Waals surface area (Å²) in [7, 11) is 1.68. The smallest absolute Gasteiger partial charge is 0.227 e. The quantitative estimate of drug-likeness (QED) is 0.747. The van der Waals surface area contributed by atoms with Crippen molar-refractivity contribution in [1.82, 2.24) is 0 Å². The molecule has 4 heteroatoms. The fraction of sp³-hybridized carbons (Fsp3) is 0.409. The van der Waals surface area contributed by atoms with Gasteiger partial charge in [-0.3, -0.25) is 4.79 Å². The molecule has 2 aromatic rings. The zero-order valence-corrected chi connectivity index (χ0v) is 15.5. The van der Waals surface area contributed by atoms with Crippen molar-refractivity contribution in [3.8, 4) is 5.75 Å². The molecule has 0 bridgehead atoms. The van der Waals surface area contributed by atoms with Gasteiger partial charge in [0.1, 0.15) is 5.75 Å². The molecule has 0 spiro atoms. The first kappa shape index (κ1) is 18.3. The molecule has 1 aliphatic rings. The molecule has 0 saturated heterocycles. The third-order valence-electron chi connectivity index (χ3n) is 5.03. The van der Waals surface area contributed by atoms with Gasteiger partial charge in [-0.05, 0) is 61.2 Å². The van der Waals surface area contributed by atoms with E-state index in [0.29, 0.717) is 0 Å². The molecule has 1 fully saturated rings. The van der Waals surface area contributed by atoms with E-state index in [9.17, 15) is 4.79 Å². The summed E-state index contributed by atoms with van der Waals surface area (Å²) >= 11 is 0. The second kappa shape index (κ2) is 9.27. The summed E-state index contributed by atoms with van der Waals surface area (Å²) < 4.78 is 5.17. The molecule has 1 saturated carbocycles. The normalized spacial score (nSPS) is 14.7. The number of hydrogen-bond donors (Lipinski definition) is 2. The summed E-state index contributed by atoms with van der Waals surface area (Å²) in [5.74, 6) is 1.24. The number of carbonyl (C=O) groups excluding carboxylic acids is 1. The maximum absolute atomic E-state index is 12.3. The monoisotopic (exact) mass is 352 g/mol. The predicted molar refractivity (Wildman–Crippen MR) is 107 cm³/mol. The van der Waals surface area contributed by atoms with Crippen molar-refractivity contribution < 1.29 is 9.53 Å². The Morgan fingerprint density at radius 1 is 0.962 bits per heavy atom. The van der Waals surface area contributed by atoms with E-state index in [1.165, 1.54) is 24.8 Å². The molecule has 0 aromatic heterocycles. The Labute approximate surface area is 156 Å². The van der Waals surface area contributed by atoms with E-state index in [1.807, 2.05) is 36.4 Å². The van der Waals surface area contributed by atoms with Crippen molar-refractivity contribution in [3.05, 3.63) is 54.1 Å². The molecule has 138 valence electrons. The van der Waals surface area contributed by atoms with Gasteiger partial charge in [-0.2, -0.15) is 0 Å². The van der Waals surface area contributed by atoms with Crippen LogP contribution >= 0.6 is 0 Å². The number of nitrogens with one attached hydrogen (secondary N) is 2. The fourth-order valence-corrected chi connectivity index (χ4v) is 3.42. The van der Waals surface area contributed by atoms with Gasteiger partial charge in [-0.25, -0.2) is 0 Å². The average Bonchev–Trinajstić information content (AvgIpc) is 2.70. The molecule has 3 rings (SSSR count). The first-order chi connectivity index (χ1) is 12.7. The fourth-order valence-electron chi connectivity index (χ4n) is 3.42. The van der Waals surface area contributed by atoms with E-state index < -0.39 is 0 Å². The van der Waals surface area contributed by atoms with Crippen LogP contribution in [-0.2, 0) is 11.2 Å². The first-order valence-corrected chi connectivity index (χ1v) is 9.52. The largest absolute Gasteiger partial charge is 0.497 e. The summed E-state index contributed by atoms with van der Waals surface area (Å²) in [4.78, 5) is 12.3. The maximum atomic E-state index is 12.3. The number of rotatable bonds is 7. The molecule has 0 unspecified atom stereocenters. The zero-order valence-electron chi connectivity index (χ0n) is 15.5.